The van der Waals surface area contributed by atoms with E-state index in [0.29, 0.717) is 5.17 Å². The lowest BCUT2D eigenvalue weighted by Gasteiger charge is -2.30. The molecule has 2 aliphatic heterocycles. The molecule has 3 rings (SSSR count). The maximum absolute atomic E-state index is 11.7. The van der Waals surface area contributed by atoms with Gasteiger partial charge in [-0.25, -0.2) is 0 Å². The molecular formula is C20H26N4O4S. The van der Waals surface area contributed by atoms with Gasteiger partial charge in [-0.15, -0.1) is 5.10 Å². The number of carbonyl (C=O) groups excluding carboxylic acids is 1. The number of nitrogens with one attached hydrogen (secondary N) is 1. The summed E-state index contributed by atoms with van der Waals surface area (Å²) >= 11 is 1.08. The van der Waals surface area contributed by atoms with E-state index in [0.717, 1.165) is 54.2 Å². The second kappa shape index (κ2) is 9.89. The molecule has 1 aromatic carbocycles. The number of thioether (sulfide) groups is 1. The van der Waals surface area contributed by atoms with Gasteiger partial charge in [0.1, 0.15) is 11.0 Å². The Morgan fingerprint density at radius 3 is 2.86 bits per heavy atom. The molecule has 1 unspecified atom stereocenters. The SMILES string of the molecule is COc1ccc(C=NN=C2NC(=O)C(CC(=O)O)S2)cc1CN1CCC(C)CC1. The van der Waals surface area contributed by atoms with Crippen LogP contribution in [0.4, 0.5) is 0 Å². The molecule has 1 aromatic rings. The summed E-state index contributed by atoms with van der Waals surface area (Å²) in [6.45, 7) is 5.30. The molecule has 0 bridgehead atoms. The predicted molar refractivity (Wildman–Crippen MR) is 113 cm³/mol. The van der Waals surface area contributed by atoms with Crippen LogP contribution in [0, 0.1) is 5.92 Å². The number of aliphatic carboxylic acids is 1. The van der Waals surface area contributed by atoms with E-state index >= 15 is 0 Å². The van der Waals surface area contributed by atoms with Crippen molar-refractivity contribution < 1.29 is 19.4 Å². The van der Waals surface area contributed by atoms with Crippen LogP contribution in [0.3, 0.4) is 0 Å². The first-order valence-corrected chi connectivity index (χ1v) is 10.5. The standard InChI is InChI=1S/C20H26N4O4S/c1-13-5-7-24(8-6-13)12-15-9-14(3-4-16(15)28-2)11-21-23-20-22-19(27)17(29-20)10-18(25)26/h3-4,9,11,13,17H,5-8,10,12H2,1-2H3,(H,25,26)(H,22,23,27). The number of amides is 1. The van der Waals surface area contributed by atoms with Crippen LogP contribution in [0.5, 0.6) is 5.75 Å². The summed E-state index contributed by atoms with van der Waals surface area (Å²) in [5.41, 5.74) is 1.98. The Kier molecular flexibility index (Phi) is 7.27. The largest absolute Gasteiger partial charge is 0.496 e. The minimum atomic E-state index is -1.02. The highest BCUT2D eigenvalue weighted by Crippen LogP contribution is 2.25. The fourth-order valence-electron chi connectivity index (χ4n) is 3.36. The molecule has 0 saturated carbocycles. The molecule has 29 heavy (non-hydrogen) atoms. The number of hydrogen-bond donors (Lipinski definition) is 2. The minimum Gasteiger partial charge on any atom is -0.496 e. The van der Waals surface area contributed by atoms with Crippen LogP contribution in [-0.2, 0) is 16.1 Å². The van der Waals surface area contributed by atoms with E-state index in [2.05, 4.69) is 27.3 Å². The molecule has 2 saturated heterocycles. The molecule has 0 aliphatic carbocycles. The Hall–Kier alpha value is -2.39. The number of rotatable bonds is 7. The topological polar surface area (TPSA) is 104 Å². The second-order valence-corrected chi connectivity index (χ2v) is 8.56. The zero-order valence-electron chi connectivity index (χ0n) is 16.6. The predicted octanol–water partition coefficient (Wildman–Crippen LogP) is 2.32. The van der Waals surface area contributed by atoms with Gasteiger partial charge >= 0.3 is 5.97 Å². The summed E-state index contributed by atoms with van der Waals surface area (Å²) < 4.78 is 5.51. The van der Waals surface area contributed by atoms with Crippen LogP contribution < -0.4 is 10.1 Å². The van der Waals surface area contributed by atoms with E-state index in [9.17, 15) is 9.59 Å². The number of piperidine rings is 1. The first-order valence-electron chi connectivity index (χ1n) is 9.64. The van der Waals surface area contributed by atoms with Crippen molar-refractivity contribution in [2.24, 2.45) is 16.1 Å². The van der Waals surface area contributed by atoms with E-state index in [1.54, 1.807) is 13.3 Å². The van der Waals surface area contributed by atoms with Gasteiger partial charge in [0.25, 0.3) is 0 Å². The number of nitrogens with zero attached hydrogens (tertiary/aromatic N) is 3. The van der Waals surface area contributed by atoms with Crippen LogP contribution in [0.2, 0.25) is 0 Å². The molecule has 2 N–H and O–H groups in total. The van der Waals surface area contributed by atoms with Crippen LogP contribution in [0.25, 0.3) is 0 Å². The van der Waals surface area contributed by atoms with E-state index in [1.165, 1.54) is 12.8 Å². The van der Waals surface area contributed by atoms with Crippen LogP contribution in [-0.4, -0.2) is 58.7 Å². The summed E-state index contributed by atoms with van der Waals surface area (Å²) in [7, 11) is 1.67. The highest BCUT2D eigenvalue weighted by molar-refractivity contribution is 8.15. The smallest absolute Gasteiger partial charge is 0.305 e. The Balaban J connectivity index is 1.65. The molecule has 2 heterocycles. The first kappa shape index (κ1) is 21.3. The number of amidine groups is 1. The minimum absolute atomic E-state index is 0.240. The summed E-state index contributed by atoms with van der Waals surface area (Å²) in [5.74, 6) is 0.266. The molecule has 0 radical (unpaired) electrons. The summed E-state index contributed by atoms with van der Waals surface area (Å²) in [5, 5.41) is 19.1. The van der Waals surface area contributed by atoms with E-state index in [-0.39, 0.29) is 12.3 Å². The van der Waals surface area contributed by atoms with Crippen molar-refractivity contribution >= 4 is 35.0 Å². The maximum Gasteiger partial charge on any atom is 0.305 e. The average Bonchev–Trinajstić information content (AvgIpc) is 3.02. The van der Waals surface area contributed by atoms with Crippen molar-refractivity contribution in [2.75, 3.05) is 20.2 Å². The highest BCUT2D eigenvalue weighted by atomic mass is 32.2. The van der Waals surface area contributed by atoms with Crippen molar-refractivity contribution in [3.05, 3.63) is 29.3 Å². The average molecular weight is 419 g/mol. The van der Waals surface area contributed by atoms with Crippen LogP contribution in [0.1, 0.15) is 37.3 Å². The molecule has 0 spiro atoms. The van der Waals surface area contributed by atoms with Gasteiger partial charge in [0.05, 0.1) is 19.7 Å². The van der Waals surface area contributed by atoms with Crippen molar-refractivity contribution in [3.63, 3.8) is 0 Å². The Morgan fingerprint density at radius 1 is 1.41 bits per heavy atom. The number of ether oxygens (including phenoxy) is 1. The summed E-state index contributed by atoms with van der Waals surface area (Å²) in [6.07, 6.45) is 3.81. The first-order chi connectivity index (χ1) is 13.9. The number of benzene rings is 1. The zero-order valence-corrected chi connectivity index (χ0v) is 17.4. The van der Waals surface area contributed by atoms with Gasteiger partial charge in [0, 0.05) is 12.1 Å². The molecule has 0 aromatic heterocycles. The fourth-order valence-corrected chi connectivity index (χ4v) is 4.27. The zero-order chi connectivity index (χ0) is 20.8. The fraction of sp³-hybridized carbons (Fsp3) is 0.500. The number of likely N-dealkylation sites (tertiary alicyclic amines) is 1. The third kappa shape index (κ3) is 6.04. The molecule has 9 heteroatoms. The number of methoxy groups -OCH3 is 1. The molecule has 1 amide bonds. The van der Waals surface area contributed by atoms with Crippen LogP contribution >= 0.6 is 11.8 Å². The Bertz CT molecular complexity index is 819. The van der Waals surface area contributed by atoms with E-state index < -0.39 is 11.2 Å². The van der Waals surface area contributed by atoms with Crippen LogP contribution in [0.15, 0.2) is 28.4 Å². The number of carboxylic acid groups (broad SMARTS) is 1. The third-order valence-electron chi connectivity index (χ3n) is 5.07. The Morgan fingerprint density at radius 2 is 2.17 bits per heavy atom. The molecule has 156 valence electrons. The van der Waals surface area contributed by atoms with Crippen molar-refractivity contribution in [3.8, 4) is 5.75 Å². The van der Waals surface area contributed by atoms with Gasteiger partial charge in [-0.2, -0.15) is 5.10 Å². The quantitative estimate of drug-likeness (QED) is 0.520. The van der Waals surface area contributed by atoms with Gasteiger partial charge in [-0.1, -0.05) is 18.7 Å². The van der Waals surface area contributed by atoms with Crippen molar-refractivity contribution in [1.82, 2.24) is 10.2 Å². The lowest BCUT2D eigenvalue weighted by atomic mass is 9.98. The monoisotopic (exact) mass is 418 g/mol. The number of carboxylic acids is 1. The summed E-state index contributed by atoms with van der Waals surface area (Å²) in [6, 6.07) is 5.86. The maximum atomic E-state index is 11.7. The Labute approximate surface area is 174 Å². The van der Waals surface area contributed by atoms with Crippen molar-refractivity contribution in [1.29, 1.82) is 0 Å². The van der Waals surface area contributed by atoms with Crippen molar-refractivity contribution in [2.45, 2.75) is 38.0 Å². The van der Waals surface area contributed by atoms with Gasteiger partial charge in [0.2, 0.25) is 5.91 Å². The lowest BCUT2D eigenvalue weighted by molar-refractivity contribution is -0.138. The van der Waals surface area contributed by atoms with Gasteiger partial charge in [0.15, 0.2) is 5.17 Å². The molecular weight excluding hydrogens is 392 g/mol. The molecule has 8 nitrogen and oxygen atoms in total. The normalized spacial score (nSPS) is 22.3. The highest BCUT2D eigenvalue weighted by Gasteiger charge is 2.32. The van der Waals surface area contributed by atoms with Gasteiger partial charge < -0.3 is 15.2 Å². The van der Waals surface area contributed by atoms with Gasteiger partial charge in [-0.3, -0.25) is 14.5 Å². The molecule has 2 aliphatic rings. The lowest BCUT2D eigenvalue weighted by Crippen LogP contribution is -2.32. The third-order valence-corrected chi connectivity index (χ3v) is 6.14. The molecule has 2 fully saturated rings. The van der Waals surface area contributed by atoms with Gasteiger partial charge in [-0.05, 0) is 55.6 Å². The number of carbonyl (C=O) groups is 2. The van der Waals surface area contributed by atoms with E-state index in [4.69, 9.17) is 9.84 Å². The van der Waals surface area contributed by atoms with E-state index in [1.807, 2.05) is 18.2 Å². The second-order valence-electron chi connectivity index (χ2n) is 7.37. The number of hydrogen-bond acceptors (Lipinski definition) is 7. The molecule has 1 atom stereocenters. The summed E-state index contributed by atoms with van der Waals surface area (Å²) in [4.78, 5) is 24.9.